The molecule has 1 aliphatic rings. The first-order valence-corrected chi connectivity index (χ1v) is 5.55. The molecule has 0 aliphatic carbocycles. The standard InChI is InChI=1S/C11H11ClN2O3/c12-7-2-3-9(8(6-7)10(15)16)14-5-1-4-13-11(14)17/h2-3,6H,1,4-5H2,(H,13,17)(H,15,16). The first kappa shape index (κ1) is 11.7. The molecule has 0 spiro atoms. The van der Waals surface area contributed by atoms with E-state index in [1.54, 1.807) is 12.1 Å². The second-order valence-electron chi connectivity index (χ2n) is 3.70. The monoisotopic (exact) mass is 254 g/mol. The number of carbonyl (C=O) groups excluding carboxylic acids is 1. The highest BCUT2D eigenvalue weighted by molar-refractivity contribution is 6.31. The van der Waals surface area contributed by atoms with Gasteiger partial charge in [-0.15, -0.1) is 0 Å². The summed E-state index contributed by atoms with van der Waals surface area (Å²) in [5, 5.41) is 12.1. The number of nitrogens with one attached hydrogen (secondary N) is 1. The van der Waals surface area contributed by atoms with Crippen molar-refractivity contribution in [2.45, 2.75) is 6.42 Å². The van der Waals surface area contributed by atoms with E-state index < -0.39 is 5.97 Å². The summed E-state index contributed by atoms with van der Waals surface area (Å²) in [7, 11) is 0. The van der Waals surface area contributed by atoms with E-state index in [1.165, 1.54) is 11.0 Å². The van der Waals surface area contributed by atoms with Crippen molar-refractivity contribution < 1.29 is 14.7 Å². The Kier molecular flexibility index (Phi) is 3.19. The molecule has 5 nitrogen and oxygen atoms in total. The summed E-state index contributed by atoms with van der Waals surface area (Å²) < 4.78 is 0. The molecule has 1 fully saturated rings. The van der Waals surface area contributed by atoms with Crippen LogP contribution in [0.5, 0.6) is 0 Å². The summed E-state index contributed by atoms with van der Waals surface area (Å²) in [5.41, 5.74) is 0.411. The maximum atomic E-state index is 11.6. The van der Waals surface area contributed by atoms with Gasteiger partial charge in [0.2, 0.25) is 0 Å². The Morgan fingerprint density at radius 3 is 2.88 bits per heavy atom. The van der Waals surface area contributed by atoms with Gasteiger partial charge in [0, 0.05) is 18.1 Å². The molecule has 2 rings (SSSR count). The van der Waals surface area contributed by atoms with E-state index in [1.807, 2.05) is 0 Å². The second kappa shape index (κ2) is 4.63. The Balaban J connectivity index is 2.43. The van der Waals surface area contributed by atoms with Crippen LogP contribution in [0.15, 0.2) is 18.2 Å². The molecule has 6 heteroatoms. The van der Waals surface area contributed by atoms with E-state index in [0.29, 0.717) is 23.8 Å². The van der Waals surface area contributed by atoms with Crippen LogP contribution in [0.25, 0.3) is 0 Å². The molecule has 1 aliphatic heterocycles. The fourth-order valence-electron chi connectivity index (χ4n) is 1.77. The third-order valence-corrected chi connectivity index (χ3v) is 2.79. The number of rotatable bonds is 2. The van der Waals surface area contributed by atoms with Crippen molar-refractivity contribution in [3.63, 3.8) is 0 Å². The van der Waals surface area contributed by atoms with Gasteiger partial charge in [0.05, 0.1) is 11.3 Å². The number of anilines is 1. The van der Waals surface area contributed by atoms with Crippen LogP contribution in [0.3, 0.4) is 0 Å². The number of carboxylic acid groups (broad SMARTS) is 1. The maximum absolute atomic E-state index is 11.6. The lowest BCUT2D eigenvalue weighted by atomic mass is 10.1. The summed E-state index contributed by atoms with van der Waals surface area (Å²) in [6.45, 7) is 1.12. The lowest BCUT2D eigenvalue weighted by Gasteiger charge is -2.28. The van der Waals surface area contributed by atoms with Gasteiger partial charge in [0.1, 0.15) is 0 Å². The van der Waals surface area contributed by atoms with Gasteiger partial charge in [0.25, 0.3) is 0 Å². The van der Waals surface area contributed by atoms with E-state index in [2.05, 4.69) is 5.32 Å². The molecule has 2 N–H and O–H groups in total. The van der Waals surface area contributed by atoms with Gasteiger partial charge in [-0.25, -0.2) is 9.59 Å². The van der Waals surface area contributed by atoms with Gasteiger partial charge in [-0.05, 0) is 24.6 Å². The molecule has 90 valence electrons. The van der Waals surface area contributed by atoms with Crippen LogP contribution in [-0.4, -0.2) is 30.2 Å². The topological polar surface area (TPSA) is 69.6 Å². The number of carbonyl (C=O) groups is 2. The van der Waals surface area contributed by atoms with Gasteiger partial charge < -0.3 is 10.4 Å². The highest BCUT2D eigenvalue weighted by Gasteiger charge is 2.23. The van der Waals surface area contributed by atoms with Crippen LogP contribution in [-0.2, 0) is 0 Å². The van der Waals surface area contributed by atoms with Gasteiger partial charge >= 0.3 is 12.0 Å². The predicted molar refractivity (Wildman–Crippen MR) is 63.8 cm³/mol. The lowest BCUT2D eigenvalue weighted by Crippen LogP contribution is -2.47. The molecular formula is C11H11ClN2O3. The first-order chi connectivity index (χ1) is 8.09. The Morgan fingerprint density at radius 1 is 1.47 bits per heavy atom. The fourth-order valence-corrected chi connectivity index (χ4v) is 1.95. The minimum Gasteiger partial charge on any atom is -0.478 e. The van der Waals surface area contributed by atoms with Crippen molar-refractivity contribution in [1.29, 1.82) is 0 Å². The Bertz CT molecular complexity index is 476. The molecule has 17 heavy (non-hydrogen) atoms. The zero-order chi connectivity index (χ0) is 12.4. The van der Waals surface area contributed by atoms with E-state index in [4.69, 9.17) is 16.7 Å². The number of benzene rings is 1. The number of amides is 2. The molecule has 1 aromatic rings. The number of nitrogens with zero attached hydrogens (tertiary/aromatic N) is 1. The van der Waals surface area contributed by atoms with Crippen molar-refractivity contribution in [2.75, 3.05) is 18.0 Å². The van der Waals surface area contributed by atoms with Crippen molar-refractivity contribution in [3.8, 4) is 0 Å². The number of urea groups is 1. The molecule has 0 bridgehead atoms. The Morgan fingerprint density at radius 2 is 2.24 bits per heavy atom. The molecule has 1 aromatic carbocycles. The van der Waals surface area contributed by atoms with Crippen molar-refractivity contribution >= 4 is 29.3 Å². The van der Waals surface area contributed by atoms with E-state index in [-0.39, 0.29) is 11.6 Å². The molecule has 1 saturated heterocycles. The molecule has 0 atom stereocenters. The molecule has 2 amide bonds. The third-order valence-electron chi connectivity index (χ3n) is 2.56. The molecular weight excluding hydrogens is 244 g/mol. The number of hydrogen-bond donors (Lipinski definition) is 2. The second-order valence-corrected chi connectivity index (χ2v) is 4.14. The van der Waals surface area contributed by atoms with Gasteiger partial charge in [0.15, 0.2) is 0 Å². The van der Waals surface area contributed by atoms with Gasteiger partial charge in [-0.1, -0.05) is 11.6 Å². The van der Waals surface area contributed by atoms with Crippen LogP contribution in [0.2, 0.25) is 5.02 Å². The maximum Gasteiger partial charge on any atom is 0.337 e. The minimum atomic E-state index is -1.10. The summed E-state index contributed by atoms with van der Waals surface area (Å²) >= 11 is 5.75. The van der Waals surface area contributed by atoms with Crippen LogP contribution in [0, 0.1) is 0 Å². The molecule has 1 heterocycles. The van der Waals surface area contributed by atoms with E-state index in [9.17, 15) is 9.59 Å². The fraction of sp³-hybridized carbons (Fsp3) is 0.273. The van der Waals surface area contributed by atoms with Crippen LogP contribution in [0.1, 0.15) is 16.8 Å². The van der Waals surface area contributed by atoms with Crippen molar-refractivity contribution in [1.82, 2.24) is 5.32 Å². The summed E-state index contributed by atoms with van der Waals surface area (Å²) in [4.78, 5) is 24.2. The first-order valence-electron chi connectivity index (χ1n) is 5.18. The zero-order valence-corrected chi connectivity index (χ0v) is 9.70. The van der Waals surface area contributed by atoms with Crippen LogP contribution < -0.4 is 10.2 Å². The summed E-state index contributed by atoms with van der Waals surface area (Å²) in [6, 6.07) is 4.20. The SMILES string of the molecule is O=C(O)c1cc(Cl)ccc1N1CCCNC1=O. The highest BCUT2D eigenvalue weighted by Crippen LogP contribution is 2.25. The lowest BCUT2D eigenvalue weighted by molar-refractivity contribution is 0.0697. The van der Waals surface area contributed by atoms with Gasteiger partial charge in [-0.3, -0.25) is 4.90 Å². The molecule has 0 aromatic heterocycles. The predicted octanol–water partition coefficient (Wildman–Crippen LogP) is 1.96. The van der Waals surface area contributed by atoms with Crippen LogP contribution in [0.4, 0.5) is 10.5 Å². The summed E-state index contributed by atoms with van der Waals surface area (Å²) in [5.74, 6) is -1.10. The Labute approximate surface area is 103 Å². The number of carboxylic acids is 1. The average Bonchev–Trinajstić information content (AvgIpc) is 2.30. The minimum absolute atomic E-state index is 0.0366. The number of halogens is 1. The Hall–Kier alpha value is -1.75. The van der Waals surface area contributed by atoms with Crippen molar-refractivity contribution in [2.24, 2.45) is 0 Å². The molecule has 0 saturated carbocycles. The number of hydrogen-bond acceptors (Lipinski definition) is 2. The van der Waals surface area contributed by atoms with Crippen LogP contribution >= 0.6 is 11.6 Å². The number of aromatic carboxylic acids is 1. The zero-order valence-electron chi connectivity index (χ0n) is 8.94. The summed E-state index contributed by atoms with van der Waals surface area (Å²) in [6.07, 6.45) is 0.785. The van der Waals surface area contributed by atoms with E-state index >= 15 is 0 Å². The highest BCUT2D eigenvalue weighted by atomic mass is 35.5. The molecule has 0 radical (unpaired) electrons. The molecule has 0 unspecified atom stereocenters. The smallest absolute Gasteiger partial charge is 0.337 e. The largest absolute Gasteiger partial charge is 0.478 e. The normalized spacial score (nSPS) is 15.6. The van der Waals surface area contributed by atoms with Gasteiger partial charge in [-0.2, -0.15) is 0 Å². The average molecular weight is 255 g/mol. The quantitative estimate of drug-likeness (QED) is 0.848. The third kappa shape index (κ3) is 2.34. The van der Waals surface area contributed by atoms with E-state index in [0.717, 1.165) is 6.42 Å². The van der Waals surface area contributed by atoms with Crippen molar-refractivity contribution in [3.05, 3.63) is 28.8 Å².